The molecule has 33 heavy (non-hydrogen) atoms. The third-order valence-corrected chi connectivity index (χ3v) is 6.79. The summed E-state index contributed by atoms with van der Waals surface area (Å²) in [5, 5.41) is 19.1. The molecular formula is C25H33N3O4S. The van der Waals surface area contributed by atoms with Crippen LogP contribution >= 0.6 is 0 Å². The molecule has 2 N–H and O–H groups in total. The summed E-state index contributed by atoms with van der Waals surface area (Å²) in [4.78, 5) is 14.7. The van der Waals surface area contributed by atoms with Gasteiger partial charge in [-0.15, -0.1) is 0 Å². The lowest BCUT2D eigenvalue weighted by molar-refractivity contribution is -0.118. The fourth-order valence-electron chi connectivity index (χ4n) is 3.83. The predicted octanol–water partition coefficient (Wildman–Crippen LogP) is 3.41. The summed E-state index contributed by atoms with van der Waals surface area (Å²) in [6.45, 7) is 8.15. The molecule has 0 atom stereocenters. The van der Waals surface area contributed by atoms with Crippen LogP contribution in [0, 0.1) is 11.3 Å². The number of nitrogens with one attached hydrogen (secondary N) is 1. The Bertz CT molecular complexity index is 1130. The molecular weight excluding hydrogens is 438 g/mol. The van der Waals surface area contributed by atoms with Gasteiger partial charge in [-0.2, -0.15) is 5.26 Å². The first kappa shape index (κ1) is 26.5. The van der Waals surface area contributed by atoms with Crippen molar-refractivity contribution in [1.29, 1.82) is 5.26 Å². The highest BCUT2D eigenvalue weighted by Gasteiger charge is 2.23. The largest absolute Gasteiger partial charge is 0.392 e. The van der Waals surface area contributed by atoms with Gasteiger partial charge in [0.2, 0.25) is 5.91 Å². The van der Waals surface area contributed by atoms with E-state index in [9.17, 15) is 23.6 Å². The standard InChI is InChI=1S/C25H33N3O4S/c1-16(2)22-9-18(13-26)10-23(17(3)4)24(22)12-25(30)27-33(31,32)21-8-7-19(14-28(5)6)20(11-21)15-29/h7-11,16-17,29H,12,14-15H2,1-6H3,(H,27,30). The van der Waals surface area contributed by atoms with Crippen LogP contribution in [0.3, 0.4) is 0 Å². The minimum atomic E-state index is -4.11. The molecule has 0 unspecified atom stereocenters. The van der Waals surface area contributed by atoms with Gasteiger partial charge in [-0.05, 0) is 78.0 Å². The highest BCUT2D eigenvalue weighted by Crippen LogP contribution is 2.30. The van der Waals surface area contributed by atoms with Gasteiger partial charge in [-0.25, -0.2) is 13.1 Å². The van der Waals surface area contributed by atoms with Gasteiger partial charge in [0, 0.05) is 6.54 Å². The summed E-state index contributed by atoms with van der Waals surface area (Å²) in [6.07, 6.45) is -0.114. The van der Waals surface area contributed by atoms with Gasteiger partial charge < -0.3 is 10.0 Å². The van der Waals surface area contributed by atoms with Crippen LogP contribution in [0.2, 0.25) is 0 Å². The Morgan fingerprint density at radius 3 is 2.09 bits per heavy atom. The Labute approximate surface area is 197 Å². The molecule has 178 valence electrons. The molecule has 2 aromatic carbocycles. The maximum absolute atomic E-state index is 12.9. The Hall–Kier alpha value is -2.73. The van der Waals surface area contributed by atoms with E-state index < -0.39 is 15.9 Å². The summed E-state index contributed by atoms with van der Waals surface area (Å²) < 4.78 is 28.0. The van der Waals surface area contributed by atoms with E-state index in [1.807, 2.05) is 46.7 Å². The Balaban J connectivity index is 2.37. The van der Waals surface area contributed by atoms with Gasteiger partial charge in [-0.3, -0.25) is 4.79 Å². The molecule has 0 radical (unpaired) electrons. The van der Waals surface area contributed by atoms with Crippen LogP contribution in [0.4, 0.5) is 0 Å². The van der Waals surface area contributed by atoms with Crippen molar-refractivity contribution >= 4 is 15.9 Å². The van der Waals surface area contributed by atoms with Crippen LogP contribution in [0.5, 0.6) is 0 Å². The number of aliphatic hydroxyl groups excluding tert-OH is 1. The number of hydrogen-bond donors (Lipinski definition) is 2. The summed E-state index contributed by atoms with van der Waals surface area (Å²) in [7, 11) is -0.351. The molecule has 0 heterocycles. The monoisotopic (exact) mass is 471 g/mol. The molecule has 0 aliphatic heterocycles. The molecule has 2 rings (SSSR count). The minimum absolute atomic E-state index is 0.0616. The smallest absolute Gasteiger partial charge is 0.264 e. The van der Waals surface area contributed by atoms with Gasteiger partial charge in [0.25, 0.3) is 10.0 Å². The third kappa shape index (κ3) is 6.64. The van der Waals surface area contributed by atoms with Crippen molar-refractivity contribution in [3.05, 3.63) is 63.7 Å². The van der Waals surface area contributed by atoms with Crippen molar-refractivity contribution in [3.8, 4) is 6.07 Å². The average molecular weight is 472 g/mol. The molecule has 0 fully saturated rings. The van der Waals surface area contributed by atoms with Crippen molar-refractivity contribution in [3.63, 3.8) is 0 Å². The van der Waals surface area contributed by atoms with Crippen LogP contribution in [0.15, 0.2) is 35.2 Å². The zero-order chi connectivity index (χ0) is 24.9. The Morgan fingerprint density at radius 2 is 1.64 bits per heavy atom. The number of benzene rings is 2. The van der Waals surface area contributed by atoms with Crippen molar-refractivity contribution in [1.82, 2.24) is 9.62 Å². The molecule has 1 amide bonds. The number of nitriles is 1. The quantitative estimate of drug-likeness (QED) is 0.580. The zero-order valence-electron chi connectivity index (χ0n) is 20.1. The van der Waals surface area contributed by atoms with E-state index in [1.165, 1.54) is 12.1 Å². The number of aliphatic hydroxyl groups is 1. The minimum Gasteiger partial charge on any atom is -0.392 e. The third-order valence-electron chi connectivity index (χ3n) is 5.42. The van der Waals surface area contributed by atoms with E-state index in [0.717, 1.165) is 22.3 Å². The van der Waals surface area contributed by atoms with E-state index in [4.69, 9.17) is 0 Å². The molecule has 0 aliphatic carbocycles. The van der Waals surface area contributed by atoms with E-state index in [0.29, 0.717) is 17.7 Å². The number of rotatable bonds is 9. The average Bonchev–Trinajstić information content (AvgIpc) is 2.72. The highest BCUT2D eigenvalue weighted by atomic mass is 32.2. The molecule has 8 heteroatoms. The van der Waals surface area contributed by atoms with Gasteiger partial charge >= 0.3 is 0 Å². The number of hydrogen-bond acceptors (Lipinski definition) is 6. The molecule has 0 spiro atoms. The molecule has 7 nitrogen and oxygen atoms in total. The van der Waals surface area contributed by atoms with Crippen molar-refractivity contribution in [2.75, 3.05) is 14.1 Å². The van der Waals surface area contributed by atoms with Crippen molar-refractivity contribution in [2.45, 2.75) is 64.0 Å². The molecule has 0 saturated carbocycles. The van der Waals surface area contributed by atoms with Crippen LogP contribution in [0.25, 0.3) is 0 Å². The summed E-state index contributed by atoms with van der Waals surface area (Å²) in [5.74, 6) is -0.524. The summed E-state index contributed by atoms with van der Waals surface area (Å²) >= 11 is 0. The van der Waals surface area contributed by atoms with E-state index >= 15 is 0 Å². The number of nitrogens with zero attached hydrogens (tertiary/aromatic N) is 2. The van der Waals surface area contributed by atoms with E-state index in [2.05, 4.69) is 10.8 Å². The second kappa shape index (κ2) is 10.9. The SMILES string of the molecule is CC(C)c1cc(C#N)cc(C(C)C)c1CC(=O)NS(=O)(=O)c1ccc(CN(C)C)c(CO)c1. The van der Waals surface area contributed by atoms with Crippen LogP contribution in [-0.2, 0) is 34.4 Å². The Morgan fingerprint density at radius 1 is 1.06 bits per heavy atom. The lowest BCUT2D eigenvalue weighted by Crippen LogP contribution is -2.32. The fourth-order valence-corrected chi connectivity index (χ4v) is 4.87. The van der Waals surface area contributed by atoms with Gasteiger partial charge in [-0.1, -0.05) is 33.8 Å². The van der Waals surface area contributed by atoms with Crippen LogP contribution in [0.1, 0.15) is 72.9 Å². The molecule has 0 saturated heterocycles. The first-order valence-corrected chi connectivity index (χ1v) is 12.4. The summed E-state index contributed by atoms with van der Waals surface area (Å²) in [6, 6.07) is 10.2. The number of sulfonamides is 1. The molecule has 0 bridgehead atoms. The Kier molecular flexibility index (Phi) is 8.78. The van der Waals surface area contributed by atoms with Crippen molar-refractivity contribution in [2.24, 2.45) is 0 Å². The lowest BCUT2D eigenvalue weighted by atomic mass is 9.85. The summed E-state index contributed by atoms with van der Waals surface area (Å²) in [5.41, 5.74) is 4.31. The first-order valence-electron chi connectivity index (χ1n) is 10.9. The first-order chi connectivity index (χ1) is 15.4. The number of amides is 1. The van der Waals surface area contributed by atoms with Crippen LogP contribution in [-0.4, -0.2) is 38.4 Å². The zero-order valence-corrected chi connectivity index (χ0v) is 21.0. The second-order valence-electron chi connectivity index (χ2n) is 9.09. The van der Waals surface area contributed by atoms with Gasteiger partial charge in [0.1, 0.15) is 0 Å². The topological polar surface area (TPSA) is 110 Å². The van der Waals surface area contributed by atoms with Crippen LogP contribution < -0.4 is 4.72 Å². The van der Waals surface area contributed by atoms with Gasteiger partial charge in [0.05, 0.1) is 29.6 Å². The second-order valence-corrected chi connectivity index (χ2v) is 10.8. The maximum atomic E-state index is 12.9. The van der Waals surface area contributed by atoms with Gasteiger partial charge in [0.15, 0.2) is 0 Å². The van der Waals surface area contributed by atoms with E-state index in [1.54, 1.807) is 18.2 Å². The number of carbonyl (C=O) groups excluding carboxylic acids is 1. The van der Waals surface area contributed by atoms with E-state index in [-0.39, 0.29) is 29.8 Å². The lowest BCUT2D eigenvalue weighted by Gasteiger charge is -2.20. The molecule has 0 aromatic heterocycles. The molecule has 2 aromatic rings. The number of carbonyl (C=O) groups is 1. The highest BCUT2D eigenvalue weighted by molar-refractivity contribution is 7.90. The maximum Gasteiger partial charge on any atom is 0.264 e. The van der Waals surface area contributed by atoms with Crippen molar-refractivity contribution < 1.29 is 18.3 Å². The molecule has 0 aliphatic rings. The predicted molar refractivity (Wildman–Crippen MR) is 128 cm³/mol. The normalized spacial score (nSPS) is 11.8. The fraction of sp³-hybridized carbons (Fsp3) is 0.440.